The van der Waals surface area contributed by atoms with E-state index in [1.54, 1.807) is 0 Å². The number of allylic oxidation sites excluding steroid dienone is 3. The summed E-state index contributed by atoms with van der Waals surface area (Å²) >= 11 is 2.33. The molecule has 0 spiro atoms. The molecule has 1 aliphatic heterocycles. The van der Waals surface area contributed by atoms with Gasteiger partial charge < -0.3 is 0 Å². The van der Waals surface area contributed by atoms with Gasteiger partial charge in [0.05, 0.1) is 9.42 Å². The monoisotopic (exact) mass is 385 g/mol. The lowest BCUT2D eigenvalue weighted by Crippen LogP contribution is -1.91. The average molecular weight is 385 g/mol. The van der Waals surface area contributed by atoms with Crippen molar-refractivity contribution in [1.82, 2.24) is 0 Å². The van der Waals surface area contributed by atoms with E-state index in [0.29, 0.717) is 0 Å². The van der Waals surface area contributed by atoms with E-state index in [1.807, 2.05) is 6.07 Å². The molecule has 0 unspecified atom stereocenters. The molecule has 0 aromatic heterocycles. The summed E-state index contributed by atoms with van der Waals surface area (Å²) in [5.41, 5.74) is 6.02. The highest BCUT2D eigenvalue weighted by Gasteiger charge is 2.14. The van der Waals surface area contributed by atoms with Crippen LogP contribution in [0, 0.1) is 0 Å². The summed E-state index contributed by atoms with van der Waals surface area (Å²) in [6, 6.07) is 21.0. The van der Waals surface area contributed by atoms with Crippen LogP contribution in [0.25, 0.3) is 11.3 Å². The minimum atomic E-state index is 0.887. The van der Waals surface area contributed by atoms with E-state index in [1.165, 1.54) is 22.3 Å². The molecule has 1 heterocycles. The molecule has 0 amide bonds. The third-order valence-corrected chi connectivity index (χ3v) is 4.28. The minimum absolute atomic E-state index is 0.887. The second kappa shape index (κ2) is 6.39. The van der Waals surface area contributed by atoms with Crippen molar-refractivity contribution in [2.24, 2.45) is 4.99 Å². The summed E-state index contributed by atoms with van der Waals surface area (Å²) in [6.45, 7) is 2.17. The highest BCUT2D eigenvalue weighted by atomic mass is 127. The van der Waals surface area contributed by atoms with Crippen LogP contribution >= 0.6 is 22.6 Å². The maximum absolute atomic E-state index is 4.83. The van der Waals surface area contributed by atoms with Crippen LogP contribution in [0.5, 0.6) is 0 Å². The molecule has 1 aliphatic rings. The van der Waals surface area contributed by atoms with Crippen LogP contribution in [0.4, 0.5) is 0 Å². The molecule has 0 aliphatic carbocycles. The molecule has 0 radical (unpaired) electrons. The fraction of sp³-hybridized carbons (Fsp3) is 0.105. The van der Waals surface area contributed by atoms with Crippen LogP contribution in [-0.4, -0.2) is 3.72 Å². The molecule has 2 heteroatoms. The molecule has 104 valence electrons. The smallest absolute Gasteiger partial charge is 0.0829 e. The van der Waals surface area contributed by atoms with Crippen LogP contribution in [0.1, 0.15) is 24.5 Å². The molecule has 3 rings (SSSR count). The first-order chi connectivity index (χ1) is 10.3. The van der Waals surface area contributed by atoms with Crippen LogP contribution in [0.15, 0.2) is 77.3 Å². The number of halogens is 1. The van der Waals surface area contributed by atoms with Crippen molar-refractivity contribution >= 4 is 37.6 Å². The maximum Gasteiger partial charge on any atom is 0.0829 e. The molecule has 0 saturated heterocycles. The van der Waals surface area contributed by atoms with Gasteiger partial charge in [-0.05, 0) is 46.2 Å². The zero-order valence-electron chi connectivity index (χ0n) is 11.9. The van der Waals surface area contributed by atoms with Crippen molar-refractivity contribution in [3.63, 3.8) is 0 Å². The number of hydrogen-bond donors (Lipinski definition) is 0. The summed E-state index contributed by atoms with van der Waals surface area (Å²) in [5.74, 6) is 0. The molecular formula is C19H16IN. The molecule has 0 saturated carbocycles. The van der Waals surface area contributed by atoms with E-state index in [-0.39, 0.29) is 0 Å². The third kappa shape index (κ3) is 3.16. The average Bonchev–Trinajstić information content (AvgIpc) is 2.68. The lowest BCUT2D eigenvalue weighted by Gasteiger charge is -2.11. The Hall–Kier alpha value is -1.68. The molecule has 0 fully saturated rings. The number of aliphatic imine (C=N–C) groups is 1. The quantitative estimate of drug-likeness (QED) is 0.585. The van der Waals surface area contributed by atoms with Gasteiger partial charge in [-0.3, -0.25) is 0 Å². The fourth-order valence-corrected chi connectivity index (χ4v) is 3.01. The van der Waals surface area contributed by atoms with E-state index in [9.17, 15) is 0 Å². The topological polar surface area (TPSA) is 12.4 Å². The van der Waals surface area contributed by atoms with E-state index >= 15 is 0 Å². The Balaban J connectivity index is 2.16. The predicted molar refractivity (Wildman–Crippen MR) is 99.5 cm³/mol. The van der Waals surface area contributed by atoms with Gasteiger partial charge in [0, 0.05) is 12.0 Å². The Morgan fingerprint density at radius 3 is 2.05 bits per heavy atom. The summed E-state index contributed by atoms with van der Waals surface area (Å²) in [5, 5.41) is 0. The second-order valence-corrected chi connectivity index (χ2v) is 6.26. The van der Waals surface area contributed by atoms with E-state index in [0.717, 1.165) is 15.8 Å². The molecule has 1 nitrogen and oxygen atoms in total. The Morgan fingerprint density at radius 2 is 1.43 bits per heavy atom. The summed E-state index contributed by atoms with van der Waals surface area (Å²) in [7, 11) is 0. The van der Waals surface area contributed by atoms with Gasteiger partial charge in [0.1, 0.15) is 0 Å². The van der Waals surface area contributed by atoms with E-state index in [2.05, 4.69) is 90.2 Å². The number of nitrogens with zero attached hydrogens (tertiary/aromatic N) is 1. The molecule has 0 N–H and O–H groups in total. The fourth-order valence-electron chi connectivity index (χ4n) is 2.55. The summed E-state index contributed by atoms with van der Waals surface area (Å²) in [4.78, 5) is 4.83. The third-order valence-electron chi connectivity index (χ3n) is 3.60. The van der Waals surface area contributed by atoms with E-state index < -0.39 is 0 Å². The van der Waals surface area contributed by atoms with Crippen molar-refractivity contribution in [2.75, 3.05) is 0 Å². The highest BCUT2D eigenvalue weighted by Crippen LogP contribution is 2.34. The van der Waals surface area contributed by atoms with Crippen molar-refractivity contribution in [2.45, 2.75) is 13.3 Å². The Kier molecular flexibility index (Phi) is 4.34. The summed E-state index contributed by atoms with van der Waals surface area (Å²) < 4.78 is 1.12. The second-order valence-electron chi connectivity index (χ2n) is 5.02. The Labute approximate surface area is 139 Å². The highest BCUT2D eigenvalue weighted by molar-refractivity contribution is 14.1. The van der Waals surface area contributed by atoms with Gasteiger partial charge in [0.15, 0.2) is 0 Å². The summed E-state index contributed by atoms with van der Waals surface area (Å²) in [6.07, 6.45) is 3.17. The number of hydrogen-bond acceptors (Lipinski definition) is 1. The molecule has 21 heavy (non-hydrogen) atoms. The van der Waals surface area contributed by atoms with Crippen molar-refractivity contribution < 1.29 is 0 Å². The van der Waals surface area contributed by atoms with Crippen LogP contribution in [0.2, 0.25) is 0 Å². The lowest BCUT2D eigenvalue weighted by atomic mass is 9.95. The standard InChI is InChI=1S/C19H16IN/c1-14-17(15-8-4-2-5-9-15)12-13-18(20)21-19(14)16-10-6-3-7-11-16/h2-12H,13H2,1H3. The molecular weight excluding hydrogens is 369 g/mol. The molecule has 2 aromatic rings. The zero-order valence-corrected chi connectivity index (χ0v) is 14.0. The SMILES string of the molecule is CC1=C(c2ccccc2)N=C(I)CC=C1c1ccccc1. The predicted octanol–water partition coefficient (Wildman–Crippen LogP) is 5.74. The van der Waals surface area contributed by atoms with Gasteiger partial charge in [-0.25, -0.2) is 4.99 Å². The van der Waals surface area contributed by atoms with Gasteiger partial charge in [-0.2, -0.15) is 0 Å². The molecule has 0 atom stereocenters. The van der Waals surface area contributed by atoms with Crippen molar-refractivity contribution in [1.29, 1.82) is 0 Å². The van der Waals surface area contributed by atoms with Gasteiger partial charge in [0.25, 0.3) is 0 Å². The Morgan fingerprint density at radius 1 is 0.857 bits per heavy atom. The zero-order chi connectivity index (χ0) is 14.7. The van der Waals surface area contributed by atoms with Gasteiger partial charge in [0.2, 0.25) is 0 Å². The van der Waals surface area contributed by atoms with Crippen molar-refractivity contribution in [3.05, 3.63) is 83.4 Å². The molecule has 2 aromatic carbocycles. The van der Waals surface area contributed by atoms with Crippen LogP contribution in [0.3, 0.4) is 0 Å². The van der Waals surface area contributed by atoms with Gasteiger partial charge in [-0.1, -0.05) is 66.7 Å². The van der Waals surface area contributed by atoms with Gasteiger partial charge >= 0.3 is 0 Å². The largest absolute Gasteiger partial charge is 0.246 e. The first-order valence-electron chi connectivity index (χ1n) is 7.01. The van der Waals surface area contributed by atoms with Gasteiger partial charge in [-0.15, -0.1) is 0 Å². The molecule has 0 bridgehead atoms. The lowest BCUT2D eigenvalue weighted by molar-refractivity contribution is 1.42. The van der Waals surface area contributed by atoms with E-state index in [4.69, 9.17) is 4.99 Å². The van der Waals surface area contributed by atoms with Crippen molar-refractivity contribution in [3.8, 4) is 0 Å². The first kappa shape index (κ1) is 14.3. The number of benzene rings is 2. The normalized spacial score (nSPS) is 15.3. The van der Waals surface area contributed by atoms with Crippen LogP contribution in [-0.2, 0) is 0 Å². The first-order valence-corrected chi connectivity index (χ1v) is 8.09. The van der Waals surface area contributed by atoms with Crippen LogP contribution < -0.4 is 0 Å². The minimum Gasteiger partial charge on any atom is -0.246 e. The number of rotatable bonds is 2. The maximum atomic E-state index is 4.83. The Bertz CT molecular complexity index is 725.